The number of fused-ring (bicyclic) bond motifs is 4. The average Bonchev–Trinajstić information content (AvgIpc) is 3.15. The lowest BCUT2D eigenvalue weighted by molar-refractivity contribution is -0.158. The molecule has 0 radical (unpaired) electrons. The normalized spacial score (nSPS) is 47.2. The number of rotatable bonds is 5. The van der Waals surface area contributed by atoms with Gasteiger partial charge < -0.3 is 19.7 Å². The predicted molar refractivity (Wildman–Crippen MR) is 140 cm³/mol. The number of hydrogen-bond acceptors (Lipinski definition) is 5. The SMILES string of the molecule is COC(C)(C)CCCC1(C)OC(=O)C23CC=C4C(=CCC5C4(C)CCC(O)C5(C)C)C2(C)CCC13O. The number of allylic oxidation sites excluding steroid dienone is 4. The number of cyclic esters (lactones) is 1. The van der Waals surface area contributed by atoms with Gasteiger partial charge in [0.1, 0.15) is 16.6 Å². The molecule has 1 saturated heterocycles. The van der Waals surface area contributed by atoms with Crippen molar-refractivity contribution in [2.45, 2.75) is 129 Å². The van der Waals surface area contributed by atoms with Gasteiger partial charge in [-0.1, -0.05) is 39.8 Å². The molecule has 2 N–H and O–H groups in total. The fraction of sp³-hybridized carbons (Fsp3) is 0.839. The summed E-state index contributed by atoms with van der Waals surface area (Å²) >= 11 is 0. The van der Waals surface area contributed by atoms with E-state index in [0.717, 1.165) is 38.5 Å². The quantitative estimate of drug-likeness (QED) is 0.461. The largest absolute Gasteiger partial charge is 0.456 e. The lowest BCUT2D eigenvalue weighted by atomic mass is 9.43. The molecular formula is C31H48O5. The third-order valence-electron chi connectivity index (χ3n) is 12.3. The minimum atomic E-state index is -1.20. The van der Waals surface area contributed by atoms with E-state index in [1.54, 1.807) is 7.11 Å². The summed E-state index contributed by atoms with van der Waals surface area (Å²) in [4.78, 5) is 13.9. The topological polar surface area (TPSA) is 76.0 Å². The van der Waals surface area contributed by atoms with Gasteiger partial charge in [-0.15, -0.1) is 0 Å². The maximum atomic E-state index is 13.9. The van der Waals surface area contributed by atoms with Crippen LogP contribution >= 0.6 is 0 Å². The molecule has 3 fully saturated rings. The molecule has 1 aliphatic heterocycles. The third-order valence-corrected chi connectivity index (χ3v) is 12.3. The molecule has 36 heavy (non-hydrogen) atoms. The third kappa shape index (κ3) is 2.97. The number of ether oxygens (including phenoxy) is 2. The fourth-order valence-electron chi connectivity index (χ4n) is 9.55. The Labute approximate surface area is 217 Å². The van der Waals surface area contributed by atoms with Crippen LogP contribution in [-0.4, -0.2) is 46.2 Å². The van der Waals surface area contributed by atoms with Crippen molar-refractivity contribution < 1.29 is 24.5 Å². The number of aliphatic hydroxyl groups excluding tert-OH is 1. The van der Waals surface area contributed by atoms with E-state index < -0.39 is 22.0 Å². The minimum Gasteiger partial charge on any atom is -0.456 e. The summed E-state index contributed by atoms with van der Waals surface area (Å²) < 4.78 is 11.8. The Morgan fingerprint density at radius 3 is 2.44 bits per heavy atom. The Kier molecular flexibility index (Phi) is 5.65. The Balaban J connectivity index is 1.53. The minimum absolute atomic E-state index is 0.0321. The van der Waals surface area contributed by atoms with E-state index in [1.165, 1.54) is 11.1 Å². The van der Waals surface area contributed by atoms with Gasteiger partial charge >= 0.3 is 5.97 Å². The zero-order valence-electron chi connectivity index (χ0n) is 23.8. The van der Waals surface area contributed by atoms with Gasteiger partial charge in [0.25, 0.3) is 0 Å². The zero-order valence-corrected chi connectivity index (χ0v) is 23.8. The molecule has 5 nitrogen and oxygen atoms in total. The molecule has 5 aliphatic rings. The highest BCUT2D eigenvalue weighted by atomic mass is 16.6. The molecule has 0 aromatic rings. The number of aliphatic hydroxyl groups is 2. The summed E-state index contributed by atoms with van der Waals surface area (Å²) in [5, 5.41) is 23.3. The molecule has 0 aromatic carbocycles. The van der Waals surface area contributed by atoms with Crippen LogP contribution < -0.4 is 0 Å². The van der Waals surface area contributed by atoms with E-state index in [1.807, 2.05) is 6.92 Å². The maximum absolute atomic E-state index is 13.9. The van der Waals surface area contributed by atoms with Crippen molar-refractivity contribution in [1.82, 2.24) is 0 Å². The van der Waals surface area contributed by atoms with Crippen LogP contribution in [-0.2, 0) is 14.3 Å². The standard InChI is InChI=1S/C31H48O5/c1-25(2,35-8)14-9-15-29(7)31(34)19-18-28(6)21-10-11-22-26(3,4)23(32)13-16-27(22,5)20(21)12-17-30(28,31)24(33)36-29/h10,12,22-23,32,34H,9,11,13-19H2,1-8H3. The summed E-state index contributed by atoms with van der Waals surface area (Å²) in [6.45, 7) is 15.1. The number of carbonyl (C=O) groups excluding carboxylic acids is 1. The molecule has 4 aliphatic carbocycles. The van der Waals surface area contributed by atoms with Crippen LogP contribution in [0.2, 0.25) is 0 Å². The first kappa shape index (κ1) is 26.4. The van der Waals surface area contributed by atoms with Gasteiger partial charge in [0.2, 0.25) is 0 Å². The Morgan fingerprint density at radius 2 is 1.78 bits per heavy atom. The van der Waals surface area contributed by atoms with E-state index in [-0.39, 0.29) is 28.5 Å². The lowest BCUT2D eigenvalue weighted by Crippen LogP contribution is -2.61. The number of hydrogen-bond donors (Lipinski definition) is 2. The molecule has 2 saturated carbocycles. The molecular weight excluding hydrogens is 452 g/mol. The van der Waals surface area contributed by atoms with Crippen LogP contribution in [0.4, 0.5) is 0 Å². The van der Waals surface area contributed by atoms with Gasteiger partial charge in [0.15, 0.2) is 0 Å². The lowest BCUT2D eigenvalue weighted by Gasteiger charge is -2.60. The highest BCUT2D eigenvalue weighted by Gasteiger charge is 2.82. The molecule has 1 spiro atoms. The molecule has 0 aromatic heterocycles. The molecule has 5 rings (SSSR count). The van der Waals surface area contributed by atoms with Gasteiger partial charge in [-0.3, -0.25) is 4.79 Å². The highest BCUT2D eigenvalue weighted by Crippen LogP contribution is 2.76. The van der Waals surface area contributed by atoms with E-state index in [9.17, 15) is 15.0 Å². The predicted octanol–water partition coefficient (Wildman–Crippen LogP) is 5.88. The Bertz CT molecular complexity index is 1020. The first-order valence-corrected chi connectivity index (χ1v) is 14.2. The van der Waals surface area contributed by atoms with Crippen LogP contribution in [0.5, 0.6) is 0 Å². The van der Waals surface area contributed by atoms with Crippen molar-refractivity contribution in [3.05, 3.63) is 23.3 Å². The van der Waals surface area contributed by atoms with Crippen molar-refractivity contribution in [2.24, 2.45) is 27.6 Å². The molecule has 0 amide bonds. The molecule has 1 heterocycles. The smallest absolute Gasteiger partial charge is 0.317 e. The van der Waals surface area contributed by atoms with Crippen LogP contribution in [0.25, 0.3) is 0 Å². The van der Waals surface area contributed by atoms with Crippen molar-refractivity contribution in [3.63, 3.8) is 0 Å². The first-order chi connectivity index (χ1) is 16.5. The summed E-state index contributed by atoms with van der Waals surface area (Å²) in [5.74, 6) is 0.132. The van der Waals surface area contributed by atoms with E-state index in [4.69, 9.17) is 9.47 Å². The summed E-state index contributed by atoms with van der Waals surface area (Å²) in [5.41, 5.74) is -1.34. The molecule has 0 bridgehead atoms. The van der Waals surface area contributed by atoms with Crippen molar-refractivity contribution in [1.29, 1.82) is 0 Å². The van der Waals surface area contributed by atoms with Gasteiger partial charge in [-0.25, -0.2) is 0 Å². The zero-order chi connectivity index (χ0) is 26.6. The molecule has 5 heteroatoms. The van der Waals surface area contributed by atoms with Crippen molar-refractivity contribution >= 4 is 5.97 Å². The second-order valence-electron chi connectivity index (χ2n) is 14.6. The first-order valence-electron chi connectivity index (χ1n) is 14.2. The van der Waals surface area contributed by atoms with Gasteiger partial charge in [0, 0.05) is 12.5 Å². The Hall–Kier alpha value is -1.17. The second-order valence-corrected chi connectivity index (χ2v) is 14.6. The maximum Gasteiger partial charge on any atom is 0.317 e. The Morgan fingerprint density at radius 1 is 1.08 bits per heavy atom. The fourth-order valence-corrected chi connectivity index (χ4v) is 9.55. The van der Waals surface area contributed by atoms with Gasteiger partial charge in [-0.2, -0.15) is 0 Å². The van der Waals surface area contributed by atoms with Crippen LogP contribution in [0.15, 0.2) is 23.3 Å². The highest BCUT2D eigenvalue weighted by molar-refractivity contribution is 5.86. The molecule has 7 unspecified atom stereocenters. The number of esters is 1. The summed E-state index contributed by atoms with van der Waals surface area (Å²) in [7, 11) is 1.73. The number of methoxy groups -OCH3 is 1. The van der Waals surface area contributed by atoms with Crippen LogP contribution in [0.1, 0.15) is 106 Å². The number of carbonyl (C=O) groups is 1. The summed E-state index contributed by atoms with van der Waals surface area (Å²) in [6.07, 6.45) is 11.2. The van der Waals surface area contributed by atoms with Crippen molar-refractivity contribution in [2.75, 3.05) is 7.11 Å². The molecule has 202 valence electrons. The van der Waals surface area contributed by atoms with Gasteiger partial charge in [-0.05, 0) is 106 Å². The van der Waals surface area contributed by atoms with E-state index in [2.05, 4.69) is 53.7 Å². The average molecular weight is 501 g/mol. The van der Waals surface area contributed by atoms with E-state index >= 15 is 0 Å². The van der Waals surface area contributed by atoms with Crippen LogP contribution in [0.3, 0.4) is 0 Å². The monoisotopic (exact) mass is 500 g/mol. The summed E-state index contributed by atoms with van der Waals surface area (Å²) in [6, 6.07) is 0. The molecule has 7 atom stereocenters. The second kappa shape index (κ2) is 7.70. The van der Waals surface area contributed by atoms with Crippen LogP contribution in [0, 0.1) is 27.6 Å². The van der Waals surface area contributed by atoms with E-state index in [0.29, 0.717) is 25.2 Å². The van der Waals surface area contributed by atoms with Gasteiger partial charge in [0.05, 0.1) is 11.7 Å². The van der Waals surface area contributed by atoms with Crippen molar-refractivity contribution in [3.8, 4) is 0 Å².